The second-order valence-electron chi connectivity index (χ2n) is 3.41. The number of fused-ring (bicyclic) bond motifs is 1. The minimum absolute atomic E-state index is 0.315. The summed E-state index contributed by atoms with van der Waals surface area (Å²) in [6.45, 7) is 3.81. The van der Waals surface area contributed by atoms with Crippen molar-refractivity contribution in [2.24, 2.45) is 0 Å². The number of hydrogen-bond donors (Lipinski definition) is 0. The van der Waals surface area contributed by atoms with Crippen molar-refractivity contribution in [2.45, 2.75) is 13.8 Å². The smallest absolute Gasteiger partial charge is 0.358 e. The summed E-state index contributed by atoms with van der Waals surface area (Å²) in [5.74, 6) is -0.0151. The number of imidazole rings is 1. The predicted octanol–water partition coefficient (Wildman–Crippen LogP) is 1.22. The first kappa shape index (κ1) is 11.4. The summed E-state index contributed by atoms with van der Waals surface area (Å²) in [5, 5.41) is 4.15. The van der Waals surface area contributed by atoms with Gasteiger partial charge in [-0.3, -0.25) is 0 Å². The average Bonchev–Trinajstić information content (AvgIpc) is 2.64. The standard InChI is InChI=1S/C11H13N3O3/c1-4-17-11(15)10-7(2)12-8-5-6-9(16-3)13-14(8)10/h5-6H,4H2,1-3H3. The maximum absolute atomic E-state index is 11.8. The molecule has 0 amide bonds. The van der Waals surface area contributed by atoms with Crippen LogP contribution in [0.4, 0.5) is 0 Å². The zero-order valence-electron chi connectivity index (χ0n) is 9.93. The van der Waals surface area contributed by atoms with Crippen LogP contribution in [0.2, 0.25) is 0 Å². The van der Waals surface area contributed by atoms with Gasteiger partial charge >= 0.3 is 5.97 Å². The van der Waals surface area contributed by atoms with Crippen LogP contribution in [0, 0.1) is 6.92 Å². The Morgan fingerprint density at radius 3 is 2.88 bits per heavy atom. The van der Waals surface area contributed by atoms with E-state index in [-0.39, 0.29) is 0 Å². The van der Waals surface area contributed by atoms with E-state index < -0.39 is 5.97 Å². The van der Waals surface area contributed by atoms with Crippen molar-refractivity contribution in [3.05, 3.63) is 23.5 Å². The number of aryl methyl sites for hydroxylation is 1. The first-order valence-corrected chi connectivity index (χ1v) is 5.25. The van der Waals surface area contributed by atoms with Crippen molar-refractivity contribution in [1.29, 1.82) is 0 Å². The SMILES string of the molecule is CCOC(=O)c1c(C)nc2ccc(OC)nn12. The molecule has 2 aromatic heterocycles. The van der Waals surface area contributed by atoms with E-state index in [9.17, 15) is 4.79 Å². The molecule has 0 N–H and O–H groups in total. The van der Waals surface area contributed by atoms with E-state index in [0.29, 0.717) is 29.5 Å². The molecule has 90 valence electrons. The van der Waals surface area contributed by atoms with Gasteiger partial charge in [-0.2, -0.15) is 0 Å². The zero-order chi connectivity index (χ0) is 12.4. The Balaban J connectivity index is 2.60. The molecule has 0 fully saturated rings. The summed E-state index contributed by atoms with van der Waals surface area (Å²) < 4.78 is 11.4. The molecule has 2 aromatic rings. The number of rotatable bonds is 3. The van der Waals surface area contributed by atoms with Crippen molar-refractivity contribution in [2.75, 3.05) is 13.7 Å². The molecular formula is C11H13N3O3. The Labute approximate surface area is 98.2 Å². The number of carbonyl (C=O) groups is 1. The highest BCUT2D eigenvalue weighted by molar-refractivity contribution is 5.89. The molecule has 0 bridgehead atoms. The summed E-state index contributed by atoms with van der Waals surface area (Å²) in [6, 6.07) is 3.43. The van der Waals surface area contributed by atoms with Gasteiger partial charge in [0.15, 0.2) is 11.3 Å². The van der Waals surface area contributed by atoms with Crippen molar-refractivity contribution in [3.8, 4) is 5.88 Å². The van der Waals surface area contributed by atoms with Gasteiger partial charge in [0, 0.05) is 6.07 Å². The minimum atomic E-state index is -0.432. The first-order valence-electron chi connectivity index (χ1n) is 5.25. The van der Waals surface area contributed by atoms with Gasteiger partial charge in [-0.1, -0.05) is 0 Å². The highest BCUT2D eigenvalue weighted by Gasteiger charge is 2.19. The Hall–Kier alpha value is -2.11. The van der Waals surface area contributed by atoms with Gasteiger partial charge in [-0.05, 0) is 19.9 Å². The number of nitrogens with zero attached hydrogens (tertiary/aromatic N) is 3. The average molecular weight is 235 g/mol. The number of methoxy groups -OCH3 is 1. The molecule has 6 nitrogen and oxygen atoms in total. The molecule has 0 saturated carbocycles. The lowest BCUT2D eigenvalue weighted by molar-refractivity contribution is 0.0515. The fraction of sp³-hybridized carbons (Fsp3) is 0.364. The van der Waals surface area contributed by atoms with E-state index in [4.69, 9.17) is 9.47 Å². The van der Waals surface area contributed by atoms with Gasteiger partial charge < -0.3 is 9.47 Å². The van der Waals surface area contributed by atoms with Gasteiger partial charge in [-0.15, -0.1) is 5.10 Å². The third-order valence-electron chi connectivity index (χ3n) is 2.31. The third-order valence-corrected chi connectivity index (χ3v) is 2.31. The van der Waals surface area contributed by atoms with Crippen molar-refractivity contribution < 1.29 is 14.3 Å². The van der Waals surface area contributed by atoms with Crippen LogP contribution in [0.1, 0.15) is 23.1 Å². The molecule has 0 atom stereocenters. The van der Waals surface area contributed by atoms with E-state index in [1.54, 1.807) is 26.0 Å². The van der Waals surface area contributed by atoms with Gasteiger partial charge in [0.25, 0.3) is 0 Å². The molecule has 17 heavy (non-hydrogen) atoms. The monoisotopic (exact) mass is 235 g/mol. The second-order valence-corrected chi connectivity index (χ2v) is 3.41. The largest absolute Gasteiger partial charge is 0.480 e. The van der Waals surface area contributed by atoms with Crippen LogP contribution >= 0.6 is 0 Å². The molecule has 2 rings (SSSR count). The molecule has 0 spiro atoms. The van der Waals surface area contributed by atoms with E-state index in [0.717, 1.165) is 0 Å². The van der Waals surface area contributed by atoms with Crippen LogP contribution in [0.25, 0.3) is 5.65 Å². The van der Waals surface area contributed by atoms with Crippen LogP contribution < -0.4 is 4.74 Å². The zero-order valence-corrected chi connectivity index (χ0v) is 9.93. The third kappa shape index (κ3) is 1.93. The van der Waals surface area contributed by atoms with Crippen LogP contribution in [0.3, 0.4) is 0 Å². The van der Waals surface area contributed by atoms with E-state index in [1.165, 1.54) is 11.6 Å². The summed E-state index contributed by atoms with van der Waals surface area (Å²) in [7, 11) is 1.52. The molecule has 2 heterocycles. The highest BCUT2D eigenvalue weighted by Crippen LogP contribution is 2.14. The molecule has 0 radical (unpaired) electrons. The molecule has 0 saturated heterocycles. The minimum Gasteiger partial charge on any atom is -0.480 e. The van der Waals surface area contributed by atoms with Gasteiger partial charge in [0.1, 0.15) is 0 Å². The first-order chi connectivity index (χ1) is 8.17. The fourth-order valence-electron chi connectivity index (χ4n) is 1.57. The maximum atomic E-state index is 11.8. The molecule has 0 aliphatic heterocycles. The Kier molecular flexibility index (Phi) is 2.95. The molecule has 6 heteroatoms. The van der Waals surface area contributed by atoms with Crippen LogP contribution in [0.15, 0.2) is 12.1 Å². The van der Waals surface area contributed by atoms with Crippen LogP contribution in [-0.2, 0) is 4.74 Å². The molecule has 0 aromatic carbocycles. The summed E-state index contributed by atoms with van der Waals surface area (Å²) in [6.07, 6.45) is 0. The lowest BCUT2D eigenvalue weighted by Gasteiger charge is -2.03. The lowest BCUT2D eigenvalue weighted by atomic mass is 10.3. The van der Waals surface area contributed by atoms with E-state index >= 15 is 0 Å². The number of aromatic nitrogens is 3. The lowest BCUT2D eigenvalue weighted by Crippen LogP contribution is -2.11. The van der Waals surface area contributed by atoms with E-state index in [1.807, 2.05) is 0 Å². The predicted molar refractivity (Wildman–Crippen MR) is 60.2 cm³/mol. The Bertz CT molecular complexity index is 562. The van der Waals surface area contributed by atoms with Crippen LogP contribution in [0.5, 0.6) is 5.88 Å². The quantitative estimate of drug-likeness (QED) is 0.748. The normalized spacial score (nSPS) is 10.5. The molecule has 0 aliphatic rings. The number of ether oxygens (including phenoxy) is 2. The van der Waals surface area contributed by atoms with Crippen molar-refractivity contribution >= 4 is 11.6 Å². The number of hydrogen-bond acceptors (Lipinski definition) is 5. The Morgan fingerprint density at radius 1 is 1.47 bits per heavy atom. The second kappa shape index (κ2) is 4.40. The van der Waals surface area contributed by atoms with Crippen molar-refractivity contribution in [3.63, 3.8) is 0 Å². The van der Waals surface area contributed by atoms with Gasteiger partial charge in [0.05, 0.1) is 19.4 Å². The molecular weight excluding hydrogens is 222 g/mol. The van der Waals surface area contributed by atoms with Crippen LogP contribution in [-0.4, -0.2) is 34.3 Å². The number of esters is 1. The molecule has 0 unspecified atom stereocenters. The number of carbonyl (C=O) groups excluding carboxylic acids is 1. The fourth-order valence-corrected chi connectivity index (χ4v) is 1.57. The topological polar surface area (TPSA) is 65.7 Å². The maximum Gasteiger partial charge on any atom is 0.358 e. The Morgan fingerprint density at radius 2 is 2.24 bits per heavy atom. The highest BCUT2D eigenvalue weighted by atomic mass is 16.5. The molecule has 0 aliphatic carbocycles. The van der Waals surface area contributed by atoms with Gasteiger partial charge in [0.2, 0.25) is 5.88 Å². The summed E-state index contributed by atoms with van der Waals surface area (Å²) in [4.78, 5) is 16.0. The van der Waals surface area contributed by atoms with Crippen molar-refractivity contribution in [1.82, 2.24) is 14.6 Å². The van der Waals surface area contributed by atoms with Gasteiger partial charge in [-0.25, -0.2) is 14.3 Å². The van der Waals surface area contributed by atoms with E-state index in [2.05, 4.69) is 10.1 Å². The summed E-state index contributed by atoms with van der Waals surface area (Å²) in [5.41, 5.74) is 1.51. The summed E-state index contributed by atoms with van der Waals surface area (Å²) >= 11 is 0.